The molecule has 0 unspecified atom stereocenters. The van der Waals surface area contributed by atoms with Crippen molar-refractivity contribution in [1.29, 1.82) is 0 Å². The van der Waals surface area contributed by atoms with Gasteiger partial charge in [-0.1, -0.05) is 60.2 Å². The van der Waals surface area contributed by atoms with Crippen LogP contribution in [0.1, 0.15) is 64.7 Å². The van der Waals surface area contributed by atoms with E-state index in [-0.39, 0.29) is 12.8 Å². The minimum absolute atomic E-state index is 0. The Hall–Kier alpha value is -0.780. The van der Waals surface area contributed by atoms with Crippen LogP contribution in [-0.2, 0) is 5.41 Å². The fourth-order valence-electron chi connectivity index (χ4n) is 1.79. The average Bonchev–Trinajstić information content (AvgIpc) is 2.01. The van der Waals surface area contributed by atoms with E-state index < -0.39 is 0 Å². The third-order valence-corrected chi connectivity index (χ3v) is 2.76. The van der Waals surface area contributed by atoms with Gasteiger partial charge in [0.2, 0.25) is 0 Å². The molecule has 0 fully saturated rings. The van der Waals surface area contributed by atoms with Gasteiger partial charge in [0, 0.05) is 0 Å². The highest BCUT2D eigenvalue weighted by Gasteiger charge is 2.14. The number of hydrogen-bond acceptors (Lipinski definition) is 0. The highest BCUT2D eigenvalue weighted by molar-refractivity contribution is 5.35. The van der Waals surface area contributed by atoms with Crippen molar-refractivity contribution in [2.75, 3.05) is 0 Å². The Labute approximate surface area is 95.7 Å². The van der Waals surface area contributed by atoms with Gasteiger partial charge in [0.1, 0.15) is 0 Å². The van der Waals surface area contributed by atoms with Crippen LogP contribution >= 0.6 is 0 Å². The minimum Gasteiger partial charge on any atom is -0.0776 e. The summed E-state index contributed by atoms with van der Waals surface area (Å²) in [7, 11) is 0. The van der Waals surface area contributed by atoms with Crippen LogP contribution in [0.3, 0.4) is 0 Å². The third kappa shape index (κ3) is 3.37. The van der Waals surface area contributed by atoms with Gasteiger partial charge in [-0.2, -0.15) is 0 Å². The molecule has 0 saturated carbocycles. The van der Waals surface area contributed by atoms with Crippen molar-refractivity contribution < 1.29 is 0 Å². The summed E-state index contributed by atoms with van der Waals surface area (Å²) in [5, 5.41) is 0. The average molecular weight is 206 g/mol. The summed E-state index contributed by atoms with van der Waals surface area (Å²) < 4.78 is 0. The van der Waals surface area contributed by atoms with Crippen LogP contribution in [0.25, 0.3) is 0 Å². The second-order valence-corrected chi connectivity index (χ2v) is 5.48. The largest absolute Gasteiger partial charge is 0.0776 e. The SMILES string of the molecule is C.Cc1cc(C(C)(C)C)ccc1C(C)C. The topological polar surface area (TPSA) is 0 Å². The predicted octanol–water partition coefficient (Wildman–Crippen LogP) is 5.05. The van der Waals surface area contributed by atoms with Crippen LogP contribution in [-0.4, -0.2) is 0 Å². The third-order valence-electron chi connectivity index (χ3n) is 2.76. The molecule has 0 aliphatic rings. The molecular formula is C15H26. The Morgan fingerprint density at radius 1 is 1.07 bits per heavy atom. The Morgan fingerprint density at radius 2 is 1.60 bits per heavy atom. The zero-order chi connectivity index (χ0) is 10.9. The van der Waals surface area contributed by atoms with Crippen molar-refractivity contribution in [3.05, 3.63) is 34.9 Å². The summed E-state index contributed by atoms with van der Waals surface area (Å²) in [6.07, 6.45) is 0. The number of hydrogen-bond donors (Lipinski definition) is 0. The first-order chi connectivity index (χ1) is 6.32. The molecule has 0 atom stereocenters. The molecule has 0 heteroatoms. The first kappa shape index (κ1) is 14.2. The van der Waals surface area contributed by atoms with Crippen LogP contribution in [0.15, 0.2) is 18.2 Å². The van der Waals surface area contributed by atoms with Crippen molar-refractivity contribution in [2.45, 2.75) is 60.3 Å². The van der Waals surface area contributed by atoms with Gasteiger partial charge in [0.05, 0.1) is 0 Å². The first-order valence-electron chi connectivity index (χ1n) is 5.43. The van der Waals surface area contributed by atoms with Crippen molar-refractivity contribution in [1.82, 2.24) is 0 Å². The maximum Gasteiger partial charge on any atom is -0.0132 e. The summed E-state index contributed by atoms with van der Waals surface area (Å²) in [5.41, 5.74) is 4.59. The molecule has 0 spiro atoms. The lowest BCUT2D eigenvalue weighted by Crippen LogP contribution is -2.11. The summed E-state index contributed by atoms with van der Waals surface area (Å²) >= 11 is 0. The Bertz CT molecular complexity index is 313. The van der Waals surface area contributed by atoms with Gasteiger partial charge >= 0.3 is 0 Å². The van der Waals surface area contributed by atoms with Crippen LogP contribution in [0.4, 0.5) is 0 Å². The zero-order valence-electron chi connectivity index (χ0n) is 10.3. The van der Waals surface area contributed by atoms with Gasteiger partial charge in [-0.25, -0.2) is 0 Å². The molecule has 0 bridgehead atoms. The summed E-state index contributed by atoms with van der Waals surface area (Å²) in [6, 6.07) is 6.87. The maximum atomic E-state index is 2.33. The van der Waals surface area contributed by atoms with E-state index in [0.29, 0.717) is 5.92 Å². The molecular weight excluding hydrogens is 180 g/mol. The van der Waals surface area contributed by atoms with E-state index in [2.05, 4.69) is 59.7 Å². The second kappa shape index (κ2) is 4.83. The molecule has 0 amide bonds. The van der Waals surface area contributed by atoms with Gasteiger partial charge in [-0.15, -0.1) is 0 Å². The van der Waals surface area contributed by atoms with E-state index in [9.17, 15) is 0 Å². The van der Waals surface area contributed by atoms with Crippen LogP contribution in [0.2, 0.25) is 0 Å². The molecule has 86 valence electrons. The van der Waals surface area contributed by atoms with Crippen molar-refractivity contribution in [3.63, 3.8) is 0 Å². The highest BCUT2D eigenvalue weighted by Crippen LogP contribution is 2.27. The van der Waals surface area contributed by atoms with E-state index in [1.807, 2.05) is 0 Å². The van der Waals surface area contributed by atoms with Gasteiger partial charge in [0.25, 0.3) is 0 Å². The normalized spacial score (nSPS) is 11.4. The van der Waals surface area contributed by atoms with E-state index in [1.54, 1.807) is 0 Å². The zero-order valence-corrected chi connectivity index (χ0v) is 10.3. The lowest BCUT2D eigenvalue weighted by atomic mass is 9.84. The Balaban J connectivity index is 0.00000196. The number of aryl methyl sites for hydroxylation is 1. The molecule has 0 saturated heterocycles. The smallest absolute Gasteiger partial charge is 0.0132 e. The predicted molar refractivity (Wildman–Crippen MR) is 70.7 cm³/mol. The summed E-state index contributed by atoms with van der Waals surface area (Å²) in [5.74, 6) is 0.629. The van der Waals surface area contributed by atoms with Gasteiger partial charge in [-0.3, -0.25) is 0 Å². The van der Waals surface area contributed by atoms with Crippen molar-refractivity contribution in [2.24, 2.45) is 0 Å². The van der Waals surface area contributed by atoms with Gasteiger partial charge in [0.15, 0.2) is 0 Å². The molecule has 0 aliphatic carbocycles. The van der Waals surface area contributed by atoms with E-state index >= 15 is 0 Å². The molecule has 1 aromatic carbocycles. The molecule has 1 rings (SSSR count). The fourth-order valence-corrected chi connectivity index (χ4v) is 1.79. The fraction of sp³-hybridized carbons (Fsp3) is 0.600. The Morgan fingerprint density at radius 3 is 1.93 bits per heavy atom. The maximum absolute atomic E-state index is 2.33. The lowest BCUT2D eigenvalue weighted by Gasteiger charge is -2.21. The summed E-state index contributed by atoms with van der Waals surface area (Å²) in [4.78, 5) is 0. The molecule has 0 heterocycles. The lowest BCUT2D eigenvalue weighted by molar-refractivity contribution is 0.589. The molecule has 0 aliphatic heterocycles. The molecule has 15 heavy (non-hydrogen) atoms. The van der Waals surface area contributed by atoms with Crippen LogP contribution in [0.5, 0.6) is 0 Å². The minimum atomic E-state index is 0. The van der Waals surface area contributed by atoms with Crippen LogP contribution in [0, 0.1) is 6.92 Å². The molecule has 0 N–H and O–H groups in total. The van der Waals surface area contributed by atoms with Gasteiger partial charge in [-0.05, 0) is 34.9 Å². The van der Waals surface area contributed by atoms with Crippen molar-refractivity contribution >= 4 is 0 Å². The number of benzene rings is 1. The van der Waals surface area contributed by atoms with Gasteiger partial charge < -0.3 is 0 Å². The monoisotopic (exact) mass is 206 g/mol. The first-order valence-corrected chi connectivity index (χ1v) is 5.43. The van der Waals surface area contributed by atoms with E-state index in [0.717, 1.165) is 0 Å². The van der Waals surface area contributed by atoms with E-state index in [1.165, 1.54) is 16.7 Å². The standard InChI is InChI=1S/C14H22.CH4/c1-10(2)13-8-7-12(9-11(13)3)14(4,5)6;/h7-10H,1-6H3;1H4. The summed E-state index contributed by atoms with van der Waals surface area (Å²) in [6.45, 7) is 13.5. The molecule has 1 aromatic rings. The molecule has 0 radical (unpaired) electrons. The molecule has 0 aromatic heterocycles. The highest BCUT2D eigenvalue weighted by atomic mass is 14.2. The van der Waals surface area contributed by atoms with E-state index in [4.69, 9.17) is 0 Å². The van der Waals surface area contributed by atoms with Crippen LogP contribution < -0.4 is 0 Å². The van der Waals surface area contributed by atoms with Crippen molar-refractivity contribution in [3.8, 4) is 0 Å². The quantitative estimate of drug-likeness (QED) is 0.603. The Kier molecular flexibility index (Phi) is 4.58. The molecule has 0 nitrogen and oxygen atoms in total. The second-order valence-electron chi connectivity index (χ2n) is 5.48. The number of rotatable bonds is 1.